The Morgan fingerprint density at radius 3 is 2.29 bits per heavy atom. The van der Waals surface area contributed by atoms with E-state index in [1.165, 1.54) is 41.4 Å². The van der Waals surface area contributed by atoms with Crippen LogP contribution in [0.15, 0.2) is 48.7 Å². The monoisotopic (exact) mass is 474 g/mol. The Morgan fingerprint density at radius 2 is 1.68 bits per heavy atom. The second-order valence-corrected chi connectivity index (χ2v) is 7.75. The number of carbonyl (C=O) groups is 2. The molecule has 0 spiro atoms. The van der Waals surface area contributed by atoms with E-state index in [4.69, 9.17) is 5.11 Å². The van der Waals surface area contributed by atoms with Crippen molar-refractivity contribution in [2.45, 2.75) is 20.0 Å². The fourth-order valence-corrected chi connectivity index (χ4v) is 3.87. The SMILES string of the molecule is Cc1cc(NC(=O)O)ncc1N1CN(c2ccc(F)cc2C)c2ccc(C(F)(F)F)cc2C1=O. The zero-order valence-electron chi connectivity index (χ0n) is 17.9. The molecule has 2 aromatic carbocycles. The maximum atomic E-state index is 13.7. The third-order valence-corrected chi connectivity index (χ3v) is 5.43. The van der Waals surface area contributed by atoms with Gasteiger partial charge < -0.3 is 10.0 Å². The molecule has 3 aromatic rings. The van der Waals surface area contributed by atoms with Gasteiger partial charge in [0.05, 0.1) is 28.7 Å². The van der Waals surface area contributed by atoms with Crippen molar-refractivity contribution in [3.05, 3.63) is 76.7 Å². The summed E-state index contributed by atoms with van der Waals surface area (Å²) in [7, 11) is 0. The van der Waals surface area contributed by atoms with Gasteiger partial charge in [0.15, 0.2) is 0 Å². The molecule has 2 amide bonds. The van der Waals surface area contributed by atoms with E-state index >= 15 is 0 Å². The fraction of sp³-hybridized carbons (Fsp3) is 0.174. The second-order valence-electron chi connectivity index (χ2n) is 7.75. The van der Waals surface area contributed by atoms with Gasteiger partial charge in [-0.3, -0.25) is 15.0 Å². The number of hydrogen-bond donors (Lipinski definition) is 2. The number of aromatic nitrogens is 1. The van der Waals surface area contributed by atoms with Gasteiger partial charge in [-0.15, -0.1) is 0 Å². The zero-order valence-corrected chi connectivity index (χ0v) is 17.9. The van der Waals surface area contributed by atoms with Crippen molar-refractivity contribution in [1.82, 2.24) is 4.98 Å². The molecule has 176 valence electrons. The molecular weight excluding hydrogens is 456 g/mol. The van der Waals surface area contributed by atoms with Crippen molar-refractivity contribution < 1.29 is 32.3 Å². The molecule has 34 heavy (non-hydrogen) atoms. The average Bonchev–Trinajstić information content (AvgIpc) is 2.74. The Kier molecular flexibility index (Phi) is 5.64. The Hall–Kier alpha value is -4.15. The number of nitrogens with zero attached hydrogens (tertiary/aromatic N) is 3. The summed E-state index contributed by atoms with van der Waals surface area (Å²) in [5, 5.41) is 11.0. The van der Waals surface area contributed by atoms with Crippen LogP contribution in [0.1, 0.15) is 27.0 Å². The number of rotatable bonds is 3. The number of carbonyl (C=O) groups excluding carboxylic acids is 1. The lowest BCUT2D eigenvalue weighted by molar-refractivity contribution is -0.137. The molecule has 0 aliphatic carbocycles. The minimum absolute atomic E-state index is 0.0317. The molecule has 1 aromatic heterocycles. The molecule has 0 atom stereocenters. The summed E-state index contributed by atoms with van der Waals surface area (Å²) in [5.74, 6) is -1.12. The highest BCUT2D eigenvalue weighted by molar-refractivity contribution is 6.13. The van der Waals surface area contributed by atoms with Gasteiger partial charge in [-0.05, 0) is 67.4 Å². The smallest absolute Gasteiger partial charge is 0.416 e. The highest BCUT2D eigenvalue weighted by atomic mass is 19.4. The molecule has 0 radical (unpaired) electrons. The van der Waals surface area contributed by atoms with Crippen LogP contribution in [0.2, 0.25) is 0 Å². The number of pyridine rings is 1. The molecule has 0 bridgehead atoms. The van der Waals surface area contributed by atoms with Crippen LogP contribution in [0, 0.1) is 19.7 Å². The van der Waals surface area contributed by atoms with Crippen LogP contribution in [-0.2, 0) is 6.18 Å². The molecule has 0 saturated heterocycles. The van der Waals surface area contributed by atoms with Crippen molar-refractivity contribution in [3.8, 4) is 0 Å². The molecule has 2 heterocycles. The second kappa shape index (κ2) is 8.32. The van der Waals surface area contributed by atoms with Gasteiger partial charge in [0.2, 0.25) is 0 Å². The summed E-state index contributed by atoms with van der Waals surface area (Å²) in [6, 6.07) is 8.33. The summed E-state index contributed by atoms with van der Waals surface area (Å²) in [6.45, 7) is 3.19. The molecule has 2 N–H and O–H groups in total. The average molecular weight is 474 g/mol. The summed E-state index contributed by atoms with van der Waals surface area (Å²) >= 11 is 0. The maximum Gasteiger partial charge on any atom is 0.416 e. The number of hydrogen-bond acceptors (Lipinski definition) is 4. The van der Waals surface area contributed by atoms with E-state index in [-0.39, 0.29) is 29.4 Å². The van der Waals surface area contributed by atoms with Crippen LogP contribution in [0.5, 0.6) is 0 Å². The van der Waals surface area contributed by atoms with Crippen molar-refractivity contribution >= 4 is 34.9 Å². The largest absolute Gasteiger partial charge is 0.465 e. The van der Waals surface area contributed by atoms with E-state index in [2.05, 4.69) is 10.3 Å². The first kappa shape index (κ1) is 23.0. The standard InChI is InChI=1S/C23H18F4N4O3/c1-12-7-15(24)4-6-17(12)30-11-31(19-10-28-20(8-13(19)2)29-22(33)34)21(32)16-9-14(23(25,26)27)3-5-18(16)30/h3-10H,11H2,1-2H3,(H,28,29)(H,33,34). The Morgan fingerprint density at radius 1 is 1.00 bits per heavy atom. The lowest BCUT2D eigenvalue weighted by Crippen LogP contribution is -2.45. The number of nitrogens with one attached hydrogen (secondary N) is 1. The predicted octanol–water partition coefficient (Wildman–Crippen LogP) is 5.70. The maximum absolute atomic E-state index is 13.7. The molecule has 1 aliphatic heterocycles. The first-order chi connectivity index (χ1) is 16.0. The number of anilines is 4. The minimum Gasteiger partial charge on any atom is -0.465 e. The number of fused-ring (bicyclic) bond motifs is 1. The number of carboxylic acid groups (broad SMARTS) is 1. The topological polar surface area (TPSA) is 85.8 Å². The van der Waals surface area contributed by atoms with E-state index < -0.39 is 29.6 Å². The third kappa shape index (κ3) is 4.24. The molecule has 1 aliphatic rings. The van der Waals surface area contributed by atoms with Gasteiger partial charge in [-0.2, -0.15) is 13.2 Å². The predicted molar refractivity (Wildman–Crippen MR) is 117 cm³/mol. The lowest BCUT2D eigenvalue weighted by atomic mass is 10.0. The normalized spacial score (nSPS) is 13.6. The first-order valence-electron chi connectivity index (χ1n) is 9.99. The highest BCUT2D eigenvalue weighted by Gasteiger charge is 2.37. The van der Waals surface area contributed by atoms with Gasteiger partial charge >= 0.3 is 12.3 Å². The van der Waals surface area contributed by atoms with Gasteiger partial charge in [-0.1, -0.05) is 0 Å². The van der Waals surface area contributed by atoms with Crippen molar-refractivity contribution in [1.29, 1.82) is 0 Å². The van der Waals surface area contributed by atoms with Crippen molar-refractivity contribution in [2.24, 2.45) is 0 Å². The van der Waals surface area contributed by atoms with E-state index in [1.807, 2.05) is 0 Å². The van der Waals surface area contributed by atoms with E-state index in [9.17, 15) is 27.2 Å². The molecule has 4 rings (SSSR count). The molecule has 0 unspecified atom stereocenters. The molecule has 0 saturated carbocycles. The molecule has 0 fully saturated rings. The van der Waals surface area contributed by atoms with Crippen LogP contribution >= 0.6 is 0 Å². The Balaban J connectivity index is 1.86. The lowest BCUT2D eigenvalue weighted by Gasteiger charge is -2.39. The van der Waals surface area contributed by atoms with Gasteiger partial charge in [0.1, 0.15) is 18.3 Å². The summed E-state index contributed by atoms with van der Waals surface area (Å²) in [4.78, 5) is 31.1. The van der Waals surface area contributed by atoms with Gasteiger partial charge in [0, 0.05) is 5.69 Å². The van der Waals surface area contributed by atoms with Crippen molar-refractivity contribution in [2.75, 3.05) is 21.8 Å². The minimum atomic E-state index is -4.66. The van der Waals surface area contributed by atoms with Crippen LogP contribution in [0.3, 0.4) is 0 Å². The van der Waals surface area contributed by atoms with Crippen LogP contribution in [-0.4, -0.2) is 28.8 Å². The number of amides is 2. The first-order valence-corrected chi connectivity index (χ1v) is 9.99. The molecule has 7 nitrogen and oxygen atoms in total. The summed E-state index contributed by atoms with van der Waals surface area (Å²) in [5.41, 5.74) is 0.876. The van der Waals surface area contributed by atoms with Crippen LogP contribution in [0.25, 0.3) is 0 Å². The van der Waals surface area contributed by atoms with Crippen LogP contribution < -0.4 is 15.1 Å². The van der Waals surface area contributed by atoms with E-state index in [0.29, 0.717) is 16.8 Å². The Bertz CT molecular complexity index is 1310. The van der Waals surface area contributed by atoms with E-state index in [0.717, 1.165) is 12.1 Å². The summed E-state index contributed by atoms with van der Waals surface area (Å²) in [6.07, 6.45) is -4.71. The van der Waals surface area contributed by atoms with Crippen LogP contribution in [0.4, 0.5) is 45.2 Å². The van der Waals surface area contributed by atoms with Gasteiger partial charge in [0.25, 0.3) is 5.91 Å². The highest BCUT2D eigenvalue weighted by Crippen LogP contribution is 2.40. The zero-order chi connectivity index (χ0) is 24.8. The fourth-order valence-electron chi connectivity index (χ4n) is 3.87. The van der Waals surface area contributed by atoms with E-state index in [1.54, 1.807) is 18.7 Å². The van der Waals surface area contributed by atoms with Gasteiger partial charge in [-0.25, -0.2) is 14.2 Å². The number of aryl methyl sites for hydroxylation is 2. The Labute approximate surface area is 191 Å². The third-order valence-electron chi connectivity index (χ3n) is 5.43. The number of halogens is 4. The summed E-state index contributed by atoms with van der Waals surface area (Å²) < 4.78 is 53.9. The molecular formula is C23H18F4N4O3. The van der Waals surface area contributed by atoms with Crippen molar-refractivity contribution in [3.63, 3.8) is 0 Å². The molecule has 11 heteroatoms. The quantitative estimate of drug-likeness (QED) is 0.476. The number of benzene rings is 2. The number of alkyl halides is 3.